The van der Waals surface area contributed by atoms with Gasteiger partial charge in [0.2, 0.25) is 17.7 Å². The van der Waals surface area contributed by atoms with Crippen molar-refractivity contribution in [1.82, 2.24) is 4.90 Å². The average Bonchev–Trinajstić information content (AvgIpc) is 2.38. The zero-order valence-electron chi connectivity index (χ0n) is 11.3. The van der Waals surface area contributed by atoms with Crippen molar-refractivity contribution < 1.29 is 14.4 Å². The van der Waals surface area contributed by atoms with Crippen LogP contribution in [-0.2, 0) is 20.9 Å². The van der Waals surface area contributed by atoms with E-state index in [1.807, 2.05) is 12.1 Å². The number of nitrogens with zero attached hydrogens (tertiary/aromatic N) is 1. The molecule has 8 heteroatoms. The maximum Gasteiger partial charge on any atom is 0.240 e. The molecule has 1 rings (SSSR count). The minimum Gasteiger partial charge on any atom is -0.370 e. The van der Waals surface area contributed by atoms with Crippen molar-refractivity contribution in [2.45, 2.75) is 19.0 Å². The minimum atomic E-state index is -1.09. The van der Waals surface area contributed by atoms with Gasteiger partial charge in [0.05, 0.1) is 19.0 Å². The molecule has 0 fully saturated rings. The lowest BCUT2D eigenvalue weighted by atomic mass is 10.1. The van der Waals surface area contributed by atoms with E-state index >= 15 is 0 Å². The maximum absolute atomic E-state index is 12.2. The summed E-state index contributed by atoms with van der Waals surface area (Å²) >= 11 is 3.31. The predicted molar refractivity (Wildman–Crippen MR) is 80.5 cm³/mol. The number of rotatable bonds is 7. The first-order valence-corrected chi connectivity index (χ1v) is 6.94. The minimum absolute atomic E-state index is 0.168. The van der Waals surface area contributed by atoms with Gasteiger partial charge in [-0.15, -0.1) is 0 Å². The highest BCUT2D eigenvalue weighted by Crippen LogP contribution is 2.13. The molecule has 0 spiro atoms. The Labute approximate surface area is 130 Å². The number of carbonyl (C=O) groups is 3. The standard InChI is InChI=1S/C13H17BrN4O3/c14-9-3-1-8(2-4-9)6-18(7-12(17)20)13(21)10(15)5-11(16)19/h1-4,10H,5-7,15H2,(H2,16,19)(H2,17,20). The molecule has 21 heavy (non-hydrogen) atoms. The molecule has 0 heterocycles. The van der Waals surface area contributed by atoms with Crippen molar-refractivity contribution in [3.8, 4) is 0 Å². The third kappa shape index (κ3) is 5.92. The third-order valence-corrected chi connectivity index (χ3v) is 3.21. The Bertz CT molecular complexity index is 533. The zero-order chi connectivity index (χ0) is 16.0. The van der Waals surface area contributed by atoms with Crippen molar-refractivity contribution in [2.24, 2.45) is 17.2 Å². The summed E-state index contributed by atoms with van der Waals surface area (Å²) in [6, 6.07) is 6.13. The van der Waals surface area contributed by atoms with Gasteiger partial charge in [-0.2, -0.15) is 0 Å². The average molecular weight is 357 g/mol. The Morgan fingerprint density at radius 3 is 2.14 bits per heavy atom. The number of nitrogens with two attached hydrogens (primary N) is 3. The van der Waals surface area contributed by atoms with Crippen LogP contribution in [0.25, 0.3) is 0 Å². The van der Waals surface area contributed by atoms with E-state index in [4.69, 9.17) is 17.2 Å². The molecule has 7 nitrogen and oxygen atoms in total. The molecule has 0 aromatic heterocycles. The Kier molecular flexibility index (Phi) is 6.32. The second-order valence-corrected chi connectivity index (χ2v) is 5.48. The lowest BCUT2D eigenvalue weighted by Crippen LogP contribution is -2.48. The summed E-state index contributed by atoms with van der Waals surface area (Å²) in [4.78, 5) is 35.3. The van der Waals surface area contributed by atoms with Gasteiger partial charge in [0.25, 0.3) is 0 Å². The zero-order valence-corrected chi connectivity index (χ0v) is 12.9. The molecule has 0 aliphatic carbocycles. The Morgan fingerprint density at radius 2 is 1.67 bits per heavy atom. The molecule has 0 aliphatic rings. The maximum atomic E-state index is 12.2. The van der Waals surface area contributed by atoms with Gasteiger partial charge in [0.1, 0.15) is 0 Å². The van der Waals surface area contributed by atoms with E-state index in [1.165, 1.54) is 4.90 Å². The van der Waals surface area contributed by atoms with Crippen LogP contribution in [0.4, 0.5) is 0 Å². The van der Waals surface area contributed by atoms with Gasteiger partial charge >= 0.3 is 0 Å². The summed E-state index contributed by atoms with van der Waals surface area (Å²) in [5.74, 6) is -1.89. The van der Waals surface area contributed by atoms with Gasteiger partial charge in [-0.1, -0.05) is 28.1 Å². The van der Waals surface area contributed by atoms with E-state index in [0.29, 0.717) is 0 Å². The van der Waals surface area contributed by atoms with Gasteiger partial charge in [0, 0.05) is 11.0 Å². The third-order valence-electron chi connectivity index (χ3n) is 2.68. The van der Waals surface area contributed by atoms with Crippen LogP contribution in [0.2, 0.25) is 0 Å². The number of hydrogen-bond donors (Lipinski definition) is 3. The van der Waals surface area contributed by atoms with Crippen LogP contribution in [0.1, 0.15) is 12.0 Å². The summed E-state index contributed by atoms with van der Waals surface area (Å²) < 4.78 is 0.893. The number of primary amides is 2. The first kappa shape index (κ1) is 17.1. The highest BCUT2D eigenvalue weighted by molar-refractivity contribution is 9.10. The monoisotopic (exact) mass is 356 g/mol. The van der Waals surface area contributed by atoms with Gasteiger partial charge in [-0.3, -0.25) is 14.4 Å². The van der Waals surface area contributed by atoms with Crippen molar-refractivity contribution >= 4 is 33.7 Å². The van der Waals surface area contributed by atoms with Gasteiger partial charge in [-0.25, -0.2) is 0 Å². The first-order valence-electron chi connectivity index (χ1n) is 6.15. The van der Waals surface area contributed by atoms with Gasteiger partial charge < -0.3 is 22.1 Å². The molecule has 0 saturated carbocycles. The first-order chi connectivity index (χ1) is 9.79. The molecule has 3 amide bonds. The van der Waals surface area contributed by atoms with Crippen LogP contribution in [0, 0.1) is 0 Å². The molecule has 1 unspecified atom stereocenters. The fraction of sp³-hybridized carbons (Fsp3) is 0.308. The highest BCUT2D eigenvalue weighted by Gasteiger charge is 2.23. The van der Waals surface area contributed by atoms with Crippen molar-refractivity contribution in [1.29, 1.82) is 0 Å². The van der Waals surface area contributed by atoms with E-state index < -0.39 is 23.8 Å². The summed E-state index contributed by atoms with van der Waals surface area (Å²) in [5, 5.41) is 0. The molecule has 0 saturated heterocycles. The molecule has 0 bridgehead atoms. The fourth-order valence-corrected chi connectivity index (χ4v) is 2.01. The number of hydrogen-bond acceptors (Lipinski definition) is 4. The van der Waals surface area contributed by atoms with Gasteiger partial charge in [0.15, 0.2) is 0 Å². The molecule has 0 aliphatic heterocycles. The smallest absolute Gasteiger partial charge is 0.240 e. The SMILES string of the molecule is NC(=O)CC(N)C(=O)N(CC(N)=O)Cc1ccc(Br)cc1. The number of amides is 3. The van der Waals surface area contributed by atoms with E-state index in [1.54, 1.807) is 12.1 Å². The van der Waals surface area contributed by atoms with E-state index in [-0.39, 0.29) is 19.5 Å². The van der Waals surface area contributed by atoms with Crippen LogP contribution in [0.3, 0.4) is 0 Å². The van der Waals surface area contributed by atoms with Crippen molar-refractivity contribution in [3.63, 3.8) is 0 Å². The largest absolute Gasteiger partial charge is 0.370 e. The predicted octanol–water partition coefficient (Wildman–Crippen LogP) is -0.534. The van der Waals surface area contributed by atoms with Crippen LogP contribution < -0.4 is 17.2 Å². The Hall–Kier alpha value is -1.93. The Balaban J connectivity index is 2.84. The molecule has 1 aromatic carbocycles. The van der Waals surface area contributed by atoms with Crippen LogP contribution in [0.15, 0.2) is 28.7 Å². The number of carbonyl (C=O) groups excluding carboxylic acids is 3. The molecule has 1 atom stereocenters. The van der Waals surface area contributed by atoms with Crippen LogP contribution in [0.5, 0.6) is 0 Å². The normalized spacial score (nSPS) is 11.7. The fourth-order valence-electron chi connectivity index (χ4n) is 1.75. The van der Waals surface area contributed by atoms with Crippen LogP contribution in [-0.4, -0.2) is 35.2 Å². The topological polar surface area (TPSA) is 133 Å². The summed E-state index contributed by atoms with van der Waals surface area (Å²) in [6.07, 6.45) is -0.283. The summed E-state index contributed by atoms with van der Waals surface area (Å²) in [6.45, 7) is -0.108. The number of benzene rings is 1. The summed E-state index contributed by atoms with van der Waals surface area (Å²) in [7, 11) is 0. The summed E-state index contributed by atoms with van der Waals surface area (Å²) in [5.41, 5.74) is 16.6. The number of halogens is 1. The van der Waals surface area contributed by atoms with E-state index in [2.05, 4.69) is 15.9 Å². The lowest BCUT2D eigenvalue weighted by Gasteiger charge is -2.24. The van der Waals surface area contributed by atoms with Crippen molar-refractivity contribution in [2.75, 3.05) is 6.54 Å². The molecular formula is C13H17BrN4O3. The van der Waals surface area contributed by atoms with Gasteiger partial charge in [-0.05, 0) is 17.7 Å². The molecule has 6 N–H and O–H groups in total. The molecule has 0 radical (unpaired) electrons. The molecule has 1 aromatic rings. The highest BCUT2D eigenvalue weighted by atomic mass is 79.9. The van der Waals surface area contributed by atoms with Crippen molar-refractivity contribution in [3.05, 3.63) is 34.3 Å². The van der Waals surface area contributed by atoms with Crippen LogP contribution >= 0.6 is 15.9 Å². The second-order valence-electron chi connectivity index (χ2n) is 4.56. The van der Waals surface area contributed by atoms with E-state index in [0.717, 1.165) is 10.0 Å². The molecule has 114 valence electrons. The molecular weight excluding hydrogens is 340 g/mol. The second kappa shape index (κ2) is 7.75. The Morgan fingerprint density at radius 1 is 1.10 bits per heavy atom. The van der Waals surface area contributed by atoms with E-state index in [9.17, 15) is 14.4 Å². The lowest BCUT2D eigenvalue weighted by molar-refractivity contribution is -0.138. The quantitative estimate of drug-likeness (QED) is 0.605.